The van der Waals surface area contributed by atoms with Crippen LogP contribution in [0, 0.1) is 0 Å². The zero-order valence-electron chi connectivity index (χ0n) is 8.95. The normalized spacial score (nSPS) is 10.5. The van der Waals surface area contributed by atoms with Crippen molar-refractivity contribution in [2.24, 2.45) is 7.05 Å². The van der Waals surface area contributed by atoms with Gasteiger partial charge in [0.15, 0.2) is 0 Å². The largest absolute Gasteiger partial charge is 0.477 e. The number of carboxylic acids is 1. The van der Waals surface area contributed by atoms with Gasteiger partial charge in [0.05, 0.1) is 0 Å². The first-order valence-electron chi connectivity index (χ1n) is 4.85. The van der Waals surface area contributed by atoms with Gasteiger partial charge in [-0.3, -0.25) is 0 Å². The monoisotopic (exact) mass is 357 g/mol. The molecule has 2 rings (SSSR count). The van der Waals surface area contributed by atoms with Crippen LogP contribution in [-0.2, 0) is 7.05 Å². The Bertz CT molecular complexity index is 590. The fourth-order valence-corrected chi connectivity index (χ4v) is 2.50. The number of hydrogen-bond donors (Lipinski definition) is 1. The topological polar surface area (TPSA) is 42.2 Å². The summed E-state index contributed by atoms with van der Waals surface area (Å²) in [5, 5.41) is 9.01. The molecule has 88 valence electrons. The molecule has 1 aromatic heterocycles. The second-order valence-corrected chi connectivity index (χ2v) is 5.36. The van der Waals surface area contributed by atoms with Crippen molar-refractivity contribution in [3.05, 3.63) is 45.0 Å². The number of carboxylic acid groups (broad SMARTS) is 1. The van der Waals surface area contributed by atoms with Gasteiger partial charge in [0.2, 0.25) is 0 Å². The molecule has 2 aromatic rings. The van der Waals surface area contributed by atoms with Crippen molar-refractivity contribution in [2.75, 3.05) is 0 Å². The van der Waals surface area contributed by atoms with E-state index in [1.165, 1.54) is 0 Å². The van der Waals surface area contributed by atoms with Crippen molar-refractivity contribution in [1.29, 1.82) is 0 Å². The summed E-state index contributed by atoms with van der Waals surface area (Å²) in [7, 11) is 1.74. The second kappa shape index (κ2) is 4.66. The van der Waals surface area contributed by atoms with Gasteiger partial charge in [-0.15, -0.1) is 0 Å². The zero-order valence-corrected chi connectivity index (χ0v) is 12.1. The first-order valence-corrected chi connectivity index (χ1v) is 6.43. The summed E-state index contributed by atoms with van der Waals surface area (Å²) >= 11 is 6.87. The summed E-state index contributed by atoms with van der Waals surface area (Å²) in [6.07, 6.45) is 0. The molecule has 1 N–H and O–H groups in total. The molecule has 3 nitrogen and oxygen atoms in total. The maximum absolute atomic E-state index is 11.0. The molecular weight excluding hydrogens is 350 g/mol. The van der Waals surface area contributed by atoms with Crippen LogP contribution in [0.2, 0.25) is 0 Å². The minimum absolute atomic E-state index is 0.270. The van der Waals surface area contributed by atoms with Crippen LogP contribution >= 0.6 is 31.9 Å². The number of rotatable bonds is 2. The lowest BCUT2D eigenvalue weighted by molar-refractivity contribution is 0.0687. The Kier molecular flexibility index (Phi) is 3.40. The Labute approximate surface area is 115 Å². The quantitative estimate of drug-likeness (QED) is 0.884. The van der Waals surface area contributed by atoms with Crippen LogP contribution in [0.15, 0.2) is 39.3 Å². The van der Waals surface area contributed by atoms with Crippen LogP contribution < -0.4 is 0 Å². The molecule has 0 bridgehead atoms. The average molecular weight is 359 g/mol. The van der Waals surface area contributed by atoms with Crippen molar-refractivity contribution in [2.45, 2.75) is 0 Å². The molecule has 1 aromatic carbocycles. The highest BCUT2D eigenvalue weighted by atomic mass is 79.9. The summed E-state index contributed by atoms with van der Waals surface area (Å²) in [6, 6.07) is 9.20. The standard InChI is InChI=1S/C12H9Br2NO2/c1-15-10(4-5-11(15)12(16)17)8-6-7(13)2-3-9(8)14/h2-6H,1H3,(H,16,17). The number of carbonyl (C=O) groups is 1. The van der Waals surface area contributed by atoms with E-state index < -0.39 is 5.97 Å². The Morgan fingerprint density at radius 3 is 2.53 bits per heavy atom. The Hall–Kier alpha value is -1.07. The lowest BCUT2D eigenvalue weighted by Crippen LogP contribution is -2.05. The molecule has 0 fully saturated rings. The van der Waals surface area contributed by atoms with Crippen LogP contribution in [0.1, 0.15) is 10.5 Å². The van der Waals surface area contributed by atoms with Crippen molar-refractivity contribution in [3.63, 3.8) is 0 Å². The summed E-state index contributed by atoms with van der Waals surface area (Å²) < 4.78 is 3.54. The van der Waals surface area contributed by atoms with E-state index in [0.717, 1.165) is 20.2 Å². The van der Waals surface area contributed by atoms with Gasteiger partial charge in [0, 0.05) is 27.3 Å². The van der Waals surface area contributed by atoms with E-state index in [1.807, 2.05) is 18.2 Å². The number of aromatic nitrogens is 1. The van der Waals surface area contributed by atoms with Gasteiger partial charge in [0.1, 0.15) is 5.69 Å². The number of benzene rings is 1. The smallest absolute Gasteiger partial charge is 0.352 e. The third-order valence-electron chi connectivity index (χ3n) is 2.55. The van der Waals surface area contributed by atoms with Gasteiger partial charge < -0.3 is 9.67 Å². The second-order valence-electron chi connectivity index (χ2n) is 3.59. The molecular formula is C12H9Br2NO2. The minimum atomic E-state index is -0.926. The molecule has 5 heteroatoms. The summed E-state index contributed by atoms with van der Waals surface area (Å²) in [5.74, 6) is -0.926. The molecule has 0 radical (unpaired) electrons. The van der Waals surface area contributed by atoms with Gasteiger partial charge in [-0.2, -0.15) is 0 Å². The highest BCUT2D eigenvalue weighted by Gasteiger charge is 2.14. The molecule has 0 aliphatic carbocycles. The fraction of sp³-hybridized carbons (Fsp3) is 0.0833. The van der Waals surface area contributed by atoms with Gasteiger partial charge in [0.25, 0.3) is 0 Å². The van der Waals surface area contributed by atoms with Crippen molar-refractivity contribution >= 4 is 37.8 Å². The summed E-state index contributed by atoms with van der Waals surface area (Å²) in [4.78, 5) is 11.0. The molecule has 0 unspecified atom stereocenters. The Balaban J connectivity index is 2.61. The highest BCUT2D eigenvalue weighted by Crippen LogP contribution is 2.31. The SMILES string of the molecule is Cn1c(C(=O)O)ccc1-c1cc(Br)ccc1Br. The van der Waals surface area contributed by atoms with E-state index in [2.05, 4.69) is 31.9 Å². The van der Waals surface area contributed by atoms with Crippen LogP contribution in [0.4, 0.5) is 0 Å². The third-order valence-corrected chi connectivity index (χ3v) is 3.73. The molecule has 0 saturated heterocycles. The minimum Gasteiger partial charge on any atom is -0.477 e. The average Bonchev–Trinajstić information content (AvgIpc) is 2.64. The van der Waals surface area contributed by atoms with E-state index in [0.29, 0.717) is 0 Å². The number of halogens is 2. The van der Waals surface area contributed by atoms with E-state index in [1.54, 1.807) is 23.7 Å². The van der Waals surface area contributed by atoms with Gasteiger partial charge >= 0.3 is 5.97 Å². The fourth-order valence-electron chi connectivity index (χ4n) is 1.69. The van der Waals surface area contributed by atoms with Gasteiger partial charge in [-0.1, -0.05) is 31.9 Å². The highest BCUT2D eigenvalue weighted by molar-refractivity contribution is 9.11. The van der Waals surface area contributed by atoms with E-state index in [9.17, 15) is 4.79 Å². The number of aromatic carboxylic acids is 1. The zero-order chi connectivity index (χ0) is 12.6. The molecule has 0 saturated carbocycles. The summed E-state index contributed by atoms with van der Waals surface area (Å²) in [6.45, 7) is 0. The predicted molar refractivity (Wildman–Crippen MR) is 73.2 cm³/mol. The molecule has 17 heavy (non-hydrogen) atoms. The number of nitrogens with zero attached hydrogens (tertiary/aromatic N) is 1. The molecule has 0 atom stereocenters. The maximum Gasteiger partial charge on any atom is 0.352 e. The van der Waals surface area contributed by atoms with Crippen LogP contribution in [0.3, 0.4) is 0 Å². The molecule has 0 aliphatic rings. The van der Waals surface area contributed by atoms with Crippen molar-refractivity contribution in [3.8, 4) is 11.3 Å². The van der Waals surface area contributed by atoms with Gasteiger partial charge in [-0.25, -0.2) is 4.79 Å². The predicted octanol–water partition coefficient (Wildman–Crippen LogP) is 3.92. The molecule has 1 heterocycles. The maximum atomic E-state index is 11.0. The summed E-state index contributed by atoms with van der Waals surface area (Å²) in [5.41, 5.74) is 2.08. The molecule has 0 amide bonds. The first-order chi connectivity index (χ1) is 8.00. The van der Waals surface area contributed by atoms with E-state index >= 15 is 0 Å². The van der Waals surface area contributed by atoms with E-state index in [-0.39, 0.29) is 5.69 Å². The van der Waals surface area contributed by atoms with Gasteiger partial charge in [-0.05, 0) is 30.3 Å². The molecule has 0 spiro atoms. The Morgan fingerprint density at radius 1 is 1.24 bits per heavy atom. The van der Waals surface area contributed by atoms with Crippen LogP contribution in [0.25, 0.3) is 11.3 Å². The Morgan fingerprint density at radius 2 is 1.94 bits per heavy atom. The number of hydrogen-bond acceptors (Lipinski definition) is 1. The molecule has 0 aliphatic heterocycles. The van der Waals surface area contributed by atoms with E-state index in [4.69, 9.17) is 5.11 Å². The third kappa shape index (κ3) is 2.30. The lowest BCUT2D eigenvalue weighted by atomic mass is 10.1. The van der Waals surface area contributed by atoms with Crippen LogP contribution in [-0.4, -0.2) is 15.6 Å². The lowest BCUT2D eigenvalue weighted by Gasteiger charge is -2.08. The van der Waals surface area contributed by atoms with Crippen molar-refractivity contribution in [1.82, 2.24) is 4.57 Å². The van der Waals surface area contributed by atoms with Crippen LogP contribution in [0.5, 0.6) is 0 Å². The van der Waals surface area contributed by atoms with Crippen molar-refractivity contribution < 1.29 is 9.90 Å². The first kappa shape index (κ1) is 12.4.